The molecule has 1 fully saturated rings. The molecule has 1 saturated heterocycles. The van der Waals surface area contributed by atoms with E-state index in [0.29, 0.717) is 12.1 Å². The first-order valence-corrected chi connectivity index (χ1v) is 9.52. The molecule has 1 aromatic heterocycles. The van der Waals surface area contributed by atoms with Crippen LogP contribution in [0.5, 0.6) is 0 Å². The normalized spacial score (nSPS) is 16.1. The van der Waals surface area contributed by atoms with Gasteiger partial charge in [-0.15, -0.1) is 11.3 Å². The Morgan fingerprint density at radius 2 is 1.76 bits per heavy atom. The minimum absolute atomic E-state index is 0.0396. The lowest BCUT2D eigenvalue weighted by Crippen LogP contribution is -2.46. The fourth-order valence-electron chi connectivity index (χ4n) is 2.84. The highest BCUT2D eigenvalue weighted by atomic mass is 35.5. The van der Waals surface area contributed by atoms with Crippen LogP contribution in [0, 0.1) is 5.82 Å². The van der Waals surface area contributed by atoms with Gasteiger partial charge in [-0.3, -0.25) is 9.69 Å². The molecule has 2 aromatic rings. The van der Waals surface area contributed by atoms with Crippen LogP contribution in [0.4, 0.5) is 10.1 Å². The minimum Gasteiger partial charge on any atom is -0.326 e. The zero-order valence-electron chi connectivity index (χ0n) is 13.9. The average Bonchev–Trinajstić information content (AvgIpc) is 3.01. The van der Waals surface area contributed by atoms with Gasteiger partial charge in [0.2, 0.25) is 5.91 Å². The summed E-state index contributed by atoms with van der Waals surface area (Å²) >= 11 is 7.61. The number of rotatable bonds is 6. The molecule has 4 nitrogen and oxygen atoms in total. The predicted molar refractivity (Wildman–Crippen MR) is 101 cm³/mol. The lowest BCUT2D eigenvalue weighted by molar-refractivity contribution is -0.116. The van der Waals surface area contributed by atoms with Gasteiger partial charge in [0, 0.05) is 56.3 Å². The zero-order valence-corrected chi connectivity index (χ0v) is 15.5. The summed E-state index contributed by atoms with van der Waals surface area (Å²) in [5.74, 6) is -0.344. The number of hydrogen-bond acceptors (Lipinski definition) is 4. The van der Waals surface area contributed by atoms with E-state index in [2.05, 4.69) is 21.2 Å². The molecule has 25 heavy (non-hydrogen) atoms. The maximum atomic E-state index is 12.9. The molecule has 1 aromatic carbocycles. The van der Waals surface area contributed by atoms with Crippen molar-refractivity contribution in [1.82, 2.24) is 9.80 Å². The maximum Gasteiger partial charge on any atom is 0.225 e. The molecular weight excluding hydrogens is 361 g/mol. The van der Waals surface area contributed by atoms with Gasteiger partial charge < -0.3 is 10.2 Å². The van der Waals surface area contributed by atoms with E-state index >= 15 is 0 Å². The first-order valence-electron chi connectivity index (χ1n) is 8.33. The number of nitrogens with zero attached hydrogens (tertiary/aromatic N) is 2. The molecule has 1 aliphatic rings. The number of nitrogens with one attached hydrogen (secondary N) is 1. The highest BCUT2D eigenvalue weighted by Gasteiger charge is 2.18. The second kappa shape index (κ2) is 8.76. The van der Waals surface area contributed by atoms with Gasteiger partial charge in [0.15, 0.2) is 0 Å². The lowest BCUT2D eigenvalue weighted by atomic mass is 10.2. The van der Waals surface area contributed by atoms with E-state index in [1.807, 2.05) is 6.07 Å². The van der Waals surface area contributed by atoms with Crippen LogP contribution in [0.1, 0.15) is 11.3 Å². The summed E-state index contributed by atoms with van der Waals surface area (Å²) in [4.78, 5) is 18.0. The number of thiophene rings is 1. The fraction of sp³-hybridized carbons (Fsp3) is 0.389. The van der Waals surface area contributed by atoms with Crippen LogP contribution in [-0.4, -0.2) is 48.4 Å². The van der Waals surface area contributed by atoms with Crippen molar-refractivity contribution >= 4 is 34.5 Å². The van der Waals surface area contributed by atoms with Crippen molar-refractivity contribution in [1.29, 1.82) is 0 Å². The molecule has 0 aliphatic carbocycles. The van der Waals surface area contributed by atoms with Crippen molar-refractivity contribution in [3.8, 4) is 0 Å². The van der Waals surface area contributed by atoms with E-state index in [1.165, 1.54) is 17.0 Å². The molecule has 0 saturated carbocycles. The number of carbonyl (C=O) groups excluding carboxylic acids is 1. The Morgan fingerprint density at radius 1 is 1.08 bits per heavy atom. The van der Waals surface area contributed by atoms with Crippen LogP contribution in [0.3, 0.4) is 0 Å². The molecule has 3 rings (SSSR count). The first-order chi connectivity index (χ1) is 12.1. The SMILES string of the molecule is O=C(CCN1CCN(Cc2ccc(Cl)s2)CC1)Nc1ccc(F)cc1. The molecule has 0 atom stereocenters. The van der Waals surface area contributed by atoms with Crippen LogP contribution in [0.15, 0.2) is 36.4 Å². The quantitative estimate of drug-likeness (QED) is 0.829. The zero-order chi connectivity index (χ0) is 17.6. The Bertz CT molecular complexity index is 699. The van der Waals surface area contributed by atoms with Crippen LogP contribution in [-0.2, 0) is 11.3 Å². The van der Waals surface area contributed by atoms with Crippen LogP contribution in [0.25, 0.3) is 0 Å². The second-order valence-electron chi connectivity index (χ2n) is 6.13. The lowest BCUT2D eigenvalue weighted by Gasteiger charge is -2.34. The molecule has 0 radical (unpaired) electrons. The summed E-state index contributed by atoms with van der Waals surface area (Å²) in [6.45, 7) is 5.60. The Hall–Kier alpha value is -1.47. The fourth-order valence-corrected chi connectivity index (χ4v) is 3.97. The third-order valence-corrected chi connectivity index (χ3v) is 5.47. The molecule has 134 valence electrons. The highest BCUT2D eigenvalue weighted by molar-refractivity contribution is 7.16. The standard InChI is InChI=1S/C18H21ClFN3OS/c19-17-6-5-16(25-17)13-23-11-9-22(10-12-23)8-7-18(24)21-15-3-1-14(20)2-4-15/h1-6H,7-13H2,(H,21,24). The molecule has 0 spiro atoms. The average molecular weight is 382 g/mol. The van der Waals surface area contributed by atoms with Gasteiger partial charge in [-0.2, -0.15) is 0 Å². The Kier molecular flexibility index (Phi) is 6.42. The van der Waals surface area contributed by atoms with E-state index in [9.17, 15) is 9.18 Å². The van der Waals surface area contributed by atoms with E-state index in [4.69, 9.17) is 11.6 Å². The number of hydrogen-bond donors (Lipinski definition) is 1. The van der Waals surface area contributed by atoms with Gasteiger partial charge in [0.1, 0.15) is 5.82 Å². The maximum absolute atomic E-state index is 12.9. The summed E-state index contributed by atoms with van der Waals surface area (Å²) in [5, 5.41) is 2.80. The Morgan fingerprint density at radius 3 is 2.40 bits per heavy atom. The number of halogens is 2. The van der Waals surface area contributed by atoms with Crippen LogP contribution in [0.2, 0.25) is 4.34 Å². The van der Waals surface area contributed by atoms with Crippen LogP contribution < -0.4 is 5.32 Å². The molecule has 7 heteroatoms. The Balaban J connectivity index is 1.36. The second-order valence-corrected chi connectivity index (χ2v) is 7.93. The smallest absolute Gasteiger partial charge is 0.225 e. The number of anilines is 1. The molecular formula is C18H21ClFN3OS. The van der Waals surface area contributed by atoms with E-state index in [0.717, 1.165) is 43.6 Å². The number of piperazine rings is 1. The predicted octanol–water partition coefficient (Wildman–Crippen LogP) is 3.69. The summed E-state index contributed by atoms with van der Waals surface area (Å²) in [6.07, 6.45) is 0.442. The summed E-state index contributed by atoms with van der Waals surface area (Å²) < 4.78 is 13.7. The number of benzene rings is 1. The van der Waals surface area contributed by atoms with Crippen molar-refractivity contribution in [2.24, 2.45) is 0 Å². The molecule has 0 bridgehead atoms. The largest absolute Gasteiger partial charge is 0.326 e. The summed E-state index contributed by atoms with van der Waals surface area (Å²) in [5.41, 5.74) is 0.630. The van der Waals surface area contributed by atoms with E-state index in [-0.39, 0.29) is 11.7 Å². The Labute approximate surface area is 156 Å². The van der Waals surface area contributed by atoms with Gasteiger partial charge >= 0.3 is 0 Å². The van der Waals surface area contributed by atoms with Gasteiger partial charge in [-0.25, -0.2) is 4.39 Å². The highest BCUT2D eigenvalue weighted by Crippen LogP contribution is 2.23. The number of amides is 1. The van der Waals surface area contributed by atoms with Gasteiger partial charge in [0.25, 0.3) is 0 Å². The monoisotopic (exact) mass is 381 g/mol. The van der Waals surface area contributed by atoms with Gasteiger partial charge in [0.05, 0.1) is 4.34 Å². The molecule has 1 aliphatic heterocycles. The molecule has 1 amide bonds. The molecule has 1 N–H and O–H groups in total. The third-order valence-electron chi connectivity index (χ3n) is 4.26. The minimum atomic E-state index is -0.305. The van der Waals surface area contributed by atoms with Crippen molar-refractivity contribution < 1.29 is 9.18 Å². The molecule has 0 unspecified atom stereocenters. The topological polar surface area (TPSA) is 35.6 Å². The van der Waals surface area contributed by atoms with Gasteiger partial charge in [-0.1, -0.05) is 11.6 Å². The van der Waals surface area contributed by atoms with Crippen molar-refractivity contribution in [2.75, 3.05) is 38.0 Å². The van der Waals surface area contributed by atoms with Crippen molar-refractivity contribution in [3.63, 3.8) is 0 Å². The first kappa shape index (κ1) is 18.3. The molecule has 2 heterocycles. The number of carbonyl (C=O) groups is 1. The van der Waals surface area contributed by atoms with Gasteiger partial charge in [-0.05, 0) is 36.4 Å². The third kappa shape index (κ3) is 5.78. The van der Waals surface area contributed by atoms with Crippen molar-refractivity contribution in [3.05, 3.63) is 51.4 Å². The summed E-state index contributed by atoms with van der Waals surface area (Å²) in [7, 11) is 0. The van der Waals surface area contributed by atoms with E-state index in [1.54, 1.807) is 23.5 Å². The van der Waals surface area contributed by atoms with Crippen molar-refractivity contribution in [2.45, 2.75) is 13.0 Å². The van der Waals surface area contributed by atoms with Crippen LogP contribution >= 0.6 is 22.9 Å². The van der Waals surface area contributed by atoms with E-state index < -0.39 is 0 Å². The summed E-state index contributed by atoms with van der Waals surface area (Å²) in [6, 6.07) is 9.85.